The fraction of sp³-hybridized carbons (Fsp3) is 0.0417. The van der Waals surface area contributed by atoms with E-state index in [0.717, 1.165) is 77.6 Å². The second kappa shape index (κ2) is 14.0. The maximum Gasteiger partial charge on any atom is 0.208 e. The van der Waals surface area contributed by atoms with Gasteiger partial charge in [-0.1, -0.05) is 133 Å². The van der Waals surface area contributed by atoms with E-state index in [1.807, 2.05) is 55.5 Å². The second-order valence-corrected chi connectivity index (χ2v) is 12.7. The number of hydrogen-bond donors (Lipinski definition) is 0. The van der Waals surface area contributed by atoms with Gasteiger partial charge in [-0.15, -0.1) is 0 Å². The van der Waals surface area contributed by atoms with Crippen LogP contribution in [0.1, 0.15) is 13.3 Å². The lowest BCUT2D eigenvalue weighted by Gasteiger charge is -2.27. The summed E-state index contributed by atoms with van der Waals surface area (Å²) in [6, 6.07) is 61.0. The largest absolute Gasteiger partial charge is 0.324 e. The van der Waals surface area contributed by atoms with E-state index in [1.54, 1.807) is 0 Å². The molecule has 0 aliphatic heterocycles. The topological polar surface area (TPSA) is 36.3 Å². The van der Waals surface area contributed by atoms with Gasteiger partial charge in [0.05, 0.1) is 30.1 Å². The van der Waals surface area contributed by atoms with Crippen molar-refractivity contribution in [1.29, 1.82) is 5.26 Å². The van der Waals surface area contributed by atoms with E-state index < -0.39 is 0 Å². The average Bonchev–Trinajstić information content (AvgIpc) is 3.55. The molecule has 1 heterocycles. The van der Waals surface area contributed by atoms with E-state index in [-0.39, 0.29) is 6.42 Å². The Morgan fingerprint density at radius 3 is 1.71 bits per heavy atom. The molecule has 0 fully saturated rings. The van der Waals surface area contributed by atoms with Crippen LogP contribution in [0.15, 0.2) is 187 Å². The van der Waals surface area contributed by atoms with Gasteiger partial charge in [0.15, 0.2) is 0 Å². The number of benzene rings is 7. The molecule has 0 N–H and O–H groups in total. The van der Waals surface area contributed by atoms with E-state index in [0.29, 0.717) is 5.70 Å². The number of fused-ring (bicyclic) bond motifs is 5. The third-order valence-corrected chi connectivity index (χ3v) is 9.70. The van der Waals surface area contributed by atoms with Crippen LogP contribution in [-0.2, 0) is 0 Å². The molecule has 0 radical (unpaired) electrons. The first-order valence-corrected chi connectivity index (χ1v) is 17.3. The van der Waals surface area contributed by atoms with Gasteiger partial charge in [-0.3, -0.25) is 0 Å². The monoisotopic (exact) mass is 666 g/mol. The molecule has 4 nitrogen and oxygen atoms in total. The number of hydrogen-bond acceptors (Lipinski definition) is 2. The van der Waals surface area contributed by atoms with Crippen LogP contribution in [0.3, 0.4) is 0 Å². The molecular weight excluding hydrogens is 633 g/mol. The molecule has 0 atom stereocenters. The molecule has 0 aliphatic rings. The molecule has 8 aromatic rings. The van der Waals surface area contributed by atoms with Crippen LogP contribution in [0.25, 0.3) is 65.4 Å². The quantitative estimate of drug-likeness (QED) is 0.120. The summed E-state index contributed by atoms with van der Waals surface area (Å²) in [5, 5.41) is 14.7. The lowest BCUT2D eigenvalue weighted by atomic mass is 10.0. The van der Waals surface area contributed by atoms with Crippen LogP contribution in [0.2, 0.25) is 0 Å². The highest BCUT2D eigenvalue weighted by Crippen LogP contribution is 2.39. The van der Waals surface area contributed by atoms with Crippen LogP contribution >= 0.6 is 0 Å². The highest BCUT2D eigenvalue weighted by atomic mass is 15.2. The highest BCUT2D eigenvalue weighted by Gasteiger charge is 2.19. The Morgan fingerprint density at radius 1 is 0.615 bits per heavy atom. The Kier molecular flexibility index (Phi) is 8.64. The van der Waals surface area contributed by atoms with Crippen molar-refractivity contribution in [2.45, 2.75) is 13.3 Å². The lowest BCUT2D eigenvalue weighted by Crippen LogP contribution is -2.16. The average molecular weight is 667 g/mol. The van der Waals surface area contributed by atoms with Crippen molar-refractivity contribution in [1.82, 2.24) is 4.57 Å². The molecule has 0 bridgehead atoms. The summed E-state index contributed by atoms with van der Waals surface area (Å²) in [4.78, 5) is 6.26. The van der Waals surface area contributed by atoms with Gasteiger partial charge in [-0.25, -0.2) is 4.85 Å². The first-order chi connectivity index (χ1) is 25.6. The first kappa shape index (κ1) is 32.1. The summed E-state index contributed by atoms with van der Waals surface area (Å²) in [6.45, 7) is 10.5. The minimum absolute atomic E-state index is 0.129. The van der Waals surface area contributed by atoms with Gasteiger partial charge >= 0.3 is 0 Å². The molecule has 52 heavy (non-hydrogen) atoms. The number of rotatable bonds is 8. The predicted octanol–water partition coefficient (Wildman–Crippen LogP) is 13.0. The molecule has 0 unspecified atom stereocenters. The smallest absolute Gasteiger partial charge is 0.208 e. The highest BCUT2D eigenvalue weighted by molar-refractivity contribution is 6.21. The Balaban J connectivity index is 1.30. The summed E-state index contributed by atoms with van der Waals surface area (Å²) < 4.78 is 2.16. The summed E-state index contributed by atoms with van der Waals surface area (Å²) >= 11 is 0. The summed E-state index contributed by atoms with van der Waals surface area (Å²) in [5.74, 6) is 0. The van der Waals surface area contributed by atoms with E-state index in [2.05, 4.69) is 148 Å². The van der Waals surface area contributed by atoms with Gasteiger partial charge in [0.25, 0.3) is 0 Å². The van der Waals surface area contributed by atoms with Crippen LogP contribution < -0.4 is 4.90 Å². The molecule has 0 saturated heterocycles. The zero-order valence-corrected chi connectivity index (χ0v) is 28.7. The zero-order chi connectivity index (χ0) is 35.4. The van der Waals surface area contributed by atoms with E-state index >= 15 is 0 Å². The predicted molar refractivity (Wildman–Crippen MR) is 217 cm³/mol. The summed E-state index contributed by atoms with van der Waals surface area (Å²) in [7, 11) is 0. The van der Waals surface area contributed by atoms with E-state index in [1.165, 1.54) is 0 Å². The number of nitriles is 1. The molecule has 1 aromatic heterocycles. The molecule has 0 saturated carbocycles. The minimum Gasteiger partial charge on any atom is -0.324 e. The zero-order valence-electron chi connectivity index (χ0n) is 28.7. The molecule has 0 amide bonds. The van der Waals surface area contributed by atoms with Crippen molar-refractivity contribution in [3.05, 3.63) is 199 Å². The Hall–Kier alpha value is -7.14. The number of nitrogens with zero attached hydrogens (tertiary/aromatic N) is 4. The third-order valence-electron chi connectivity index (χ3n) is 9.70. The van der Waals surface area contributed by atoms with Crippen LogP contribution in [0.5, 0.6) is 0 Å². The van der Waals surface area contributed by atoms with Crippen molar-refractivity contribution in [3.8, 4) is 28.3 Å². The number of anilines is 2. The van der Waals surface area contributed by atoms with E-state index in [4.69, 9.17) is 6.57 Å². The van der Waals surface area contributed by atoms with E-state index in [9.17, 15) is 5.26 Å². The van der Waals surface area contributed by atoms with Crippen molar-refractivity contribution < 1.29 is 0 Å². The van der Waals surface area contributed by atoms with Gasteiger partial charge in [0.2, 0.25) is 5.70 Å². The normalized spacial score (nSPS) is 12.0. The van der Waals surface area contributed by atoms with Crippen molar-refractivity contribution >= 4 is 49.7 Å². The standard InChI is InChI=1S/C48H34N4/c1-34(45(50-2)33-42(31-32-49)52-46-20-12-11-19-44(46)48-43-18-10-9-17-39(43)25-30-47(48)52)51(40-26-21-37(22-27-40)35-13-5-3-6-14-35)41-28-23-38(24-29-41)36-15-7-4-8-16-36/h3-30,33H,31H2,1H3/b42-33+,45-34-. The molecule has 8 rings (SSSR count). The fourth-order valence-corrected chi connectivity index (χ4v) is 7.22. The molecule has 7 aromatic carbocycles. The Bertz CT molecular complexity index is 2620. The van der Waals surface area contributed by atoms with Gasteiger partial charge in [0, 0.05) is 33.5 Å². The fourth-order valence-electron chi connectivity index (χ4n) is 7.22. The maximum atomic E-state index is 10.2. The molecular formula is C48H34N4. The Labute approximate surface area is 303 Å². The molecule has 4 heteroatoms. The first-order valence-electron chi connectivity index (χ1n) is 17.3. The summed E-state index contributed by atoms with van der Waals surface area (Å²) in [6.07, 6.45) is 2.03. The van der Waals surface area contributed by atoms with Crippen molar-refractivity contribution in [3.63, 3.8) is 0 Å². The third kappa shape index (κ3) is 5.90. The molecule has 0 spiro atoms. The van der Waals surface area contributed by atoms with Crippen molar-refractivity contribution in [2.75, 3.05) is 4.90 Å². The maximum absolute atomic E-state index is 10.2. The van der Waals surface area contributed by atoms with Crippen LogP contribution in [0, 0.1) is 17.9 Å². The van der Waals surface area contributed by atoms with Crippen molar-refractivity contribution in [2.24, 2.45) is 0 Å². The minimum atomic E-state index is 0.129. The second-order valence-electron chi connectivity index (χ2n) is 12.7. The summed E-state index contributed by atoms with van der Waals surface area (Å²) in [5.41, 5.74) is 10.4. The molecule has 246 valence electrons. The van der Waals surface area contributed by atoms with Gasteiger partial charge < -0.3 is 9.47 Å². The number of para-hydroxylation sites is 1. The number of aromatic nitrogens is 1. The van der Waals surface area contributed by atoms with Crippen LogP contribution in [-0.4, -0.2) is 4.57 Å². The van der Waals surface area contributed by atoms with Gasteiger partial charge in [-0.05, 0) is 82.4 Å². The SMILES string of the molecule is [C-]#[N+]C(/C=C(\CC#N)n1c2ccccc2c2c3ccccc3ccc21)=C(/C)N(c1ccc(-c2ccccc2)cc1)c1ccc(-c2ccccc2)cc1. The van der Waals surface area contributed by atoms with Gasteiger partial charge in [-0.2, -0.15) is 5.26 Å². The van der Waals surface area contributed by atoms with Crippen LogP contribution in [0.4, 0.5) is 11.4 Å². The van der Waals surface area contributed by atoms with Gasteiger partial charge in [0.1, 0.15) is 0 Å². The Morgan fingerprint density at radius 2 is 1.13 bits per heavy atom. The number of allylic oxidation sites excluding steroid dienone is 3. The molecule has 0 aliphatic carbocycles. The lowest BCUT2D eigenvalue weighted by molar-refractivity contribution is 1.11.